The first-order chi connectivity index (χ1) is 10.2. The Morgan fingerprint density at radius 2 is 2.10 bits per heavy atom. The zero-order valence-corrected chi connectivity index (χ0v) is 11.8. The summed E-state index contributed by atoms with van der Waals surface area (Å²) in [7, 11) is 0. The molecular formula is C18H16N2O. The molecule has 1 unspecified atom stereocenters. The molecule has 3 rings (SSSR count). The predicted molar refractivity (Wildman–Crippen MR) is 83.8 cm³/mol. The van der Waals surface area contributed by atoms with Gasteiger partial charge in [-0.25, -0.2) is 0 Å². The van der Waals surface area contributed by atoms with Gasteiger partial charge in [0.25, 0.3) is 0 Å². The van der Waals surface area contributed by atoms with E-state index in [1.54, 1.807) is 13.1 Å². The molecule has 0 radical (unpaired) electrons. The van der Waals surface area contributed by atoms with Gasteiger partial charge in [-0.05, 0) is 55.1 Å². The number of hydrogen-bond acceptors (Lipinski definition) is 3. The topological polar surface area (TPSA) is 42.0 Å². The van der Waals surface area contributed by atoms with Crippen LogP contribution in [0.5, 0.6) is 0 Å². The molecule has 1 aromatic carbocycles. The second-order valence-electron chi connectivity index (χ2n) is 5.00. The minimum atomic E-state index is 0.0596. The van der Waals surface area contributed by atoms with Crippen molar-refractivity contribution in [3.63, 3.8) is 0 Å². The van der Waals surface area contributed by atoms with Crippen LogP contribution in [0.3, 0.4) is 0 Å². The second kappa shape index (κ2) is 5.75. The van der Waals surface area contributed by atoms with Crippen LogP contribution in [0.25, 0.3) is 11.3 Å². The highest BCUT2D eigenvalue weighted by atomic mass is 16.1. The molecule has 1 N–H and O–H groups in total. The maximum atomic E-state index is 11.8. The van der Waals surface area contributed by atoms with Crippen molar-refractivity contribution in [3.8, 4) is 11.3 Å². The fourth-order valence-corrected chi connectivity index (χ4v) is 2.37. The molecule has 0 saturated carbocycles. The van der Waals surface area contributed by atoms with E-state index in [1.165, 1.54) is 0 Å². The van der Waals surface area contributed by atoms with Crippen molar-refractivity contribution in [2.24, 2.45) is 0 Å². The zero-order valence-electron chi connectivity index (χ0n) is 11.8. The Bertz CT molecular complexity index is 717. The largest absolute Gasteiger partial charge is 0.381 e. The van der Waals surface area contributed by atoms with Crippen molar-refractivity contribution in [1.29, 1.82) is 0 Å². The van der Waals surface area contributed by atoms with Gasteiger partial charge in [-0.3, -0.25) is 9.78 Å². The number of ketones is 1. The molecule has 1 aliphatic rings. The number of nitrogens with one attached hydrogen (secondary N) is 1. The number of carbonyl (C=O) groups is 1. The van der Waals surface area contributed by atoms with Crippen molar-refractivity contribution in [3.05, 3.63) is 78.1 Å². The van der Waals surface area contributed by atoms with Crippen LogP contribution in [0.2, 0.25) is 0 Å². The molecule has 3 heteroatoms. The number of aromatic nitrogens is 1. The van der Waals surface area contributed by atoms with Crippen LogP contribution in [0.15, 0.2) is 67.0 Å². The van der Waals surface area contributed by atoms with Crippen LogP contribution in [0, 0.1) is 0 Å². The molecule has 104 valence electrons. The monoisotopic (exact) mass is 276 g/mol. The summed E-state index contributed by atoms with van der Waals surface area (Å²) in [4.78, 5) is 16.2. The van der Waals surface area contributed by atoms with Gasteiger partial charge in [0.05, 0.1) is 11.7 Å². The van der Waals surface area contributed by atoms with Gasteiger partial charge >= 0.3 is 0 Å². The molecule has 0 saturated heterocycles. The number of pyridine rings is 1. The summed E-state index contributed by atoms with van der Waals surface area (Å²) in [6, 6.07) is 11.8. The van der Waals surface area contributed by atoms with Crippen molar-refractivity contribution in [2.45, 2.75) is 13.0 Å². The van der Waals surface area contributed by atoms with Gasteiger partial charge in [-0.15, -0.1) is 0 Å². The molecule has 1 atom stereocenters. The number of allylic oxidation sites excluding steroid dienone is 2. The number of carbonyl (C=O) groups excluding carboxylic acids is 1. The number of nitrogens with zero attached hydrogens (tertiary/aromatic N) is 1. The molecule has 0 spiro atoms. The summed E-state index contributed by atoms with van der Waals surface area (Å²) in [6.45, 7) is 1.59. The van der Waals surface area contributed by atoms with Crippen LogP contribution in [0.1, 0.15) is 28.9 Å². The lowest BCUT2D eigenvalue weighted by molar-refractivity contribution is 0.101. The minimum absolute atomic E-state index is 0.0596. The minimum Gasteiger partial charge on any atom is -0.381 e. The third kappa shape index (κ3) is 2.92. The van der Waals surface area contributed by atoms with Gasteiger partial charge in [0.1, 0.15) is 0 Å². The quantitative estimate of drug-likeness (QED) is 0.870. The van der Waals surface area contributed by atoms with Crippen molar-refractivity contribution in [1.82, 2.24) is 10.3 Å². The number of Topliss-reactive ketones (excluding diaryl/α,β-unsaturated/α-hetero) is 1. The SMILES string of the molecule is CC(=O)c1cc(-c2ccccn2)cc(C2C=CC=CN2)c1. The van der Waals surface area contributed by atoms with Crippen molar-refractivity contribution in [2.75, 3.05) is 0 Å². The molecule has 2 aromatic rings. The molecule has 0 aliphatic carbocycles. The molecule has 1 aliphatic heterocycles. The summed E-state index contributed by atoms with van der Waals surface area (Å²) in [6.07, 6.45) is 9.69. The third-order valence-electron chi connectivity index (χ3n) is 3.47. The predicted octanol–water partition coefficient (Wildman–Crippen LogP) is 3.67. The van der Waals surface area contributed by atoms with E-state index in [1.807, 2.05) is 48.7 Å². The summed E-state index contributed by atoms with van der Waals surface area (Å²) in [5.74, 6) is 0.0596. The normalized spacial score (nSPS) is 16.5. The second-order valence-corrected chi connectivity index (χ2v) is 5.00. The van der Waals surface area contributed by atoms with Crippen LogP contribution < -0.4 is 5.32 Å². The Morgan fingerprint density at radius 3 is 2.76 bits per heavy atom. The number of dihydropyridines is 1. The molecule has 21 heavy (non-hydrogen) atoms. The molecule has 3 nitrogen and oxygen atoms in total. The first-order valence-corrected chi connectivity index (χ1v) is 6.91. The fraction of sp³-hybridized carbons (Fsp3) is 0.111. The van der Waals surface area contributed by atoms with Crippen molar-refractivity contribution >= 4 is 5.78 Å². The highest BCUT2D eigenvalue weighted by Crippen LogP contribution is 2.26. The molecule has 0 amide bonds. The Hall–Kier alpha value is -2.68. The first kappa shape index (κ1) is 13.3. The average Bonchev–Trinajstić information content (AvgIpc) is 2.56. The van der Waals surface area contributed by atoms with Gasteiger partial charge in [0.2, 0.25) is 0 Å². The van der Waals surface area contributed by atoms with E-state index in [-0.39, 0.29) is 11.8 Å². The van der Waals surface area contributed by atoms with Crippen molar-refractivity contribution < 1.29 is 4.79 Å². The maximum Gasteiger partial charge on any atom is 0.159 e. The lowest BCUT2D eigenvalue weighted by atomic mass is 9.96. The number of benzene rings is 1. The Kier molecular flexibility index (Phi) is 3.65. The Balaban J connectivity index is 2.08. The molecule has 0 fully saturated rings. The summed E-state index contributed by atoms with van der Waals surface area (Å²) in [5, 5.41) is 3.28. The van der Waals surface area contributed by atoms with E-state index in [0.29, 0.717) is 5.56 Å². The van der Waals surface area contributed by atoms with E-state index >= 15 is 0 Å². The molecule has 0 bridgehead atoms. The van der Waals surface area contributed by atoms with Crippen LogP contribution in [-0.4, -0.2) is 10.8 Å². The summed E-state index contributed by atoms with van der Waals surface area (Å²) < 4.78 is 0. The fourth-order valence-electron chi connectivity index (χ4n) is 2.37. The van der Waals surface area contributed by atoms with Crippen LogP contribution in [0.4, 0.5) is 0 Å². The van der Waals surface area contributed by atoms with E-state index in [9.17, 15) is 4.79 Å². The third-order valence-corrected chi connectivity index (χ3v) is 3.47. The van der Waals surface area contributed by atoms with Gasteiger partial charge in [0, 0.05) is 17.3 Å². The van der Waals surface area contributed by atoms with E-state index in [0.717, 1.165) is 16.8 Å². The average molecular weight is 276 g/mol. The lowest BCUT2D eigenvalue weighted by Crippen LogP contribution is -2.15. The first-order valence-electron chi connectivity index (χ1n) is 6.91. The van der Waals surface area contributed by atoms with E-state index in [4.69, 9.17) is 0 Å². The number of rotatable bonds is 3. The molecule has 2 heterocycles. The highest BCUT2D eigenvalue weighted by molar-refractivity contribution is 5.95. The van der Waals surface area contributed by atoms with E-state index < -0.39 is 0 Å². The van der Waals surface area contributed by atoms with Gasteiger partial charge < -0.3 is 5.32 Å². The summed E-state index contributed by atoms with van der Waals surface area (Å²) >= 11 is 0. The Labute approximate surface area is 124 Å². The highest BCUT2D eigenvalue weighted by Gasteiger charge is 2.13. The smallest absolute Gasteiger partial charge is 0.159 e. The Morgan fingerprint density at radius 1 is 1.19 bits per heavy atom. The molecule has 1 aromatic heterocycles. The molecular weight excluding hydrogens is 260 g/mol. The van der Waals surface area contributed by atoms with Crippen LogP contribution in [-0.2, 0) is 0 Å². The van der Waals surface area contributed by atoms with Gasteiger partial charge in [-0.2, -0.15) is 0 Å². The standard InChI is InChI=1S/C18H16N2O/c1-13(21)14-10-15(17-6-2-4-8-19-17)12-16(11-14)18-7-3-5-9-20-18/h2-12,17,19H,1H3. The maximum absolute atomic E-state index is 11.8. The van der Waals surface area contributed by atoms with Gasteiger partial charge in [-0.1, -0.05) is 18.2 Å². The van der Waals surface area contributed by atoms with Gasteiger partial charge in [0.15, 0.2) is 5.78 Å². The van der Waals surface area contributed by atoms with Crippen LogP contribution >= 0.6 is 0 Å². The number of hydrogen-bond donors (Lipinski definition) is 1. The summed E-state index contributed by atoms with van der Waals surface area (Å²) in [5.41, 5.74) is 3.60. The zero-order chi connectivity index (χ0) is 14.7. The lowest BCUT2D eigenvalue weighted by Gasteiger charge is -2.18. The van der Waals surface area contributed by atoms with E-state index in [2.05, 4.69) is 22.4 Å².